The highest BCUT2D eigenvalue weighted by Gasteiger charge is 2.29. The molecule has 0 bridgehead atoms. The van der Waals surface area contributed by atoms with Crippen LogP contribution in [0.4, 0.5) is 4.79 Å². The second kappa shape index (κ2) is 10.1. The van der Waals surface area contributed by atoms with Crippen LogP contribution in [-0.2, 0) is 19.3 Å². The van der Waals surface area contributed by atoms with Crippen molar-refractivity contribution >= 4 is 15.9 Å². The van der Waals surface area contributed by atoms with Crippen LogP contribution < -0.4 is 0 Å². The van der Waals surface area contributed by atoms with Gasteiger partial charge in [-0.3, -0.25) is 0 Å². The van der Waals surface area contributed by atoms with E-state index in [1.54, 1.807) is 11.0 Å². The molecule has 1 saturated heterocycles. The third-order valence-electron chi connectivity index (χ3n) is 6.43. The standard InChI is InChI=1S/C24H38N2O5S/c1-17-21(10-11-22(25-17)32(5,28)29)19-6-8-20(9-7-19)30-16-18-12-14-26(15-13-18)23(27)31-24(2,3)4/h10-11,18-20H,6-9,12-16H2,1-5H3/t19-,20-. The summed E-state index contributed by atoms with van der Waals surface area (Å²) in [6, 6.07) is 3.56. The molecule has 180 valence electrons. The number of hydrogen-bond acceptors (Lipinski definition) is 6. The van der Waals surface area contributed by atoms with E-state index in [0.29, 0.717) is 11.8 Å². The van der Waals surface area contributed by atoms with Gasteiger partial charge in [-0.05, 0) is 89.7 Å². The van der Waals surface area contributed by atoms with Crippen LogP contribution in [0, 0.1) is 12.8 Å². The van der Waals surface area contributed by atoms with Crippen molar-refractivity contribution in [1.29, 1.82) is 0 Å². The molecule has 7 nitrogen and oxygen atoms in total. The summed E-state index contributed by atoms with van der Waals surface area (Å²) in [4.78, 5) is 18.3. The van der Waals surface area contributed by atoms with Gasteiger partial charge in [-0.15, -0.1) is 0 Å². The normalized spacial score (nSPS) is 23.2. The van der Waals surface area contributed by atoms with Crippen molar-refractivity contribution < 1.29 is 22.7 Å². The fraction of sp³-hybridized carbons (Fsp3) is 0.750. The monoisotopic (exact) mass is 466 g/mol. The van der Waals surface area contributed by atoms with E-state index < -0.39 is 15.4 Å². The Morgan fingerprint density at radius 3 is 2.25 bits per heavy atom. The lowest BCUT2D eigenvalue weighted by Gasteiger charge is -2.35. The van der Waals surface area contributed by atoms with Crippen molar-refractivity contribution in [2.24, 2.45) is 5.92 Å². The number of ether oxygens (including phenoxy) is 2. The van der Waals surface area contributed by atoms with Crippen molar-refractivity contribution in [3.8, 4) is 0 Å². The predicted molar refractivity (Wildman–Crippen MR) is 124 cm³/mol. The maximum absolute atomic E-state index is 12.2. The minimum absolute atomic E-state index is 0.147. The molecule has 1 aromatic rings. The van der Waals surface area contributed by atoms with Gasteiger partial charge in [-0.25, -0.2) is 18.2 Å². The molecule has 1 saturated carbocycles. The lowest BCUT2D eigenvalue weighted by Crippen LogP contribution is -2.42. The summed E-state index contributed by atoms with van der Waals surface area (Å²) in [6.45, 7) is 9.78. The summed E-state index contributed by atoms with van der Waals surface area (Å²) in [5.74, 6) is 0.898. The van der Waals surface area contributed by atoms with E-state index in [1.165, 1.54) is 6.26 Å². The summed E-state index contributed by atoms with van der Waals surface area (Å²) in [7, 11) is -3.28. The molecule has 0 aromatic carbocycles. The van der Waals surface area contributed by atoms with Crippen LogP contribution in [0.3, 0.4) is 0 Å². The van der Waals surface area contributed by atoms with Gasteiger partial charge in [0.2, 0.25) is 0 Å². The van der Waals surface area contributed by atoms with E-state index >= 15 is 0 Å². The molecule has 1 amide bonds. The number of aryl methyl sites for hydroxylation is 1. The molecule has 2 fully saturated rings. The number of carbonyl (C=O) groups excluding carboxylic acids is 1. The van der Waals surface area contributed by atoms with Gasteiger partial charge >= 0.3 is 6.09 Å². The van der Waals surface area contributed by atoms with Gasteiger partial charge in [-0.2, -0.15) is 0 Å². The number of sulfone groups is 1. The number of amides is 1. The number of likely N-dealkylation sites (tertiary alicyclic amines) is 1. The number of pyridine rings is 1. The number of aromatic nitrogens is 1. The molecule has 1 aromatic heterocycles. The first-order valence-electron chi connectivity index (χ1n) is 11.7. The molecule has 2 aliphatic rings. The van der Waals surface area contributed by atoms with Crippen molar-refractivity contribution in [3.05, 3.63) is 23.4 Å². The molecule has 1 aliphatic heterocycles. The van der Waals surface area contributed by atoms with Gasteiger partial charge in [0.05, 0.1) is 6.10 Å². The van der Waals surface area contributed by atoms with Crippen LogP contribution in [0.25, 0.3) is 0 Å². The van der Waals surface area contributed by atoms with Crippen molar-refractivity contribution in [2.45, 2.75) is 88.9 Å². The Morgan fingerprint density at radius 2 is 1.72 bits per heavy atom. The number of carbonyl (C=O) groups is 1. The molecule has 2 heterocycles. The minimum atomic E-state index is -3.28. The zero-order valence-electron chi connectivity index (χ0n) is 20.1. The van der Waals surface area contributed by atoms with E-state index in [1.807, 2.05) is 33.8 Å². The lowest BCUT2D eigenvalue weighted by atomic mass is 9.82. The lowest BCUT2D eigenvalue weighted by molar-refractivity contribution is -0.0143. The topological polar surface area (TPSA) is 85.8 Å². The fourth-order valence-corrected chi connectivity index (χ4v) is 5.23. The summed E-state index contributed by atoms with van der Waals surface area (Å²) in [5, 5.41) is 0.147. The highest BCUT2D eigenvalue weighted by molar-refractivity contribution is 7.90. The van der Waals surface area contributed by atoms with Gasteiger partial charge in [0.15, 0.2) is 14.9 Å². The Labute approximate surface area is 192 Å². The van der Waals surface area contributed by atoms with Crippen LogP contribution in [0.2, 0.25) is 0 Å². The molecule has 0 spiro atoms. The largest absolute Gasteiger partial charge is 0.444 e. The average Bonchev–Trinajstić information content (AvgIpc) is 2.71. The van der Waals surface area contributed by atoms with Crippen LogP contribution in [0.1, 0.15) is 76.5 Å². The van der Waals surface area contributed by atoms with Crippen LogP contribution in [-0.4, -0.2) is 62.1 Å². The summed E-state index contributed by atoms with van der Waals surface area (Å²) < 4.78 is 35.2. The number of nitrogens with zero attached hydrogens (tertiary/aromatic N) is 2. The molecule has 32 heavy (non-hydrogen) atoms. The Hall–Kier alpha value is -1.67. The molecule has 0 unspecified atom stereocenters. The van der Waals surface area contributed by atoms with Gasteiger partial charge in [0, 0.05) is 31.6 Å². The molecule has 3 rings (SSSR count). The van der Waals surface area contributed by atoms with E-state index in [0.717, 1.165) is 69.5 Å². The molecule has 0 atom stereocenters. The highest BCUT2D eigenvalue weighted by atomic mass is 32.2. The summed E-state index contributed by atoms with van der Waals surface area (Å²) in [6.07, 6.45) is 7.23. The second-order valence-corrected chi connectivity index (χ2v) is 12.3. The van der Waals surface area contributed by atoms with E-state index in [4.69, 9.17) is 9.47 Å². The molecule has 0 N–H and O–H groups in total. The number of piperidine rings is 1. The van der Waals surface area contributed by atoms with Crippen LogP contribution in [0.5, 0.6) is 0 Å². The quantitative estimate of drug-likeness (QED) is 0.636. The summed E-state index contributed by atoms with van der Waals surface area (Å²) >= 11 is 0. The highest BCUT2D eigenvalue weighted by Crippen LogP contribution is 2.36. The molecule has 1 aliphatic carbocycles. The third kappa shape index (κ3) is 6.91. The summed E-state index contributed by atoms with van der Waals surface area (Å²) in [5.41, 5.74) is 1.51. The van der Waals surface area contributed by atoms with Crippen molar-refractivity contribution in [1.82, 2.24) is 9.88 Å². The van der Waals surface area contributed by atoms with Gasteiger partial charge < -0.3 is 14.4 Å². The minimum Gasteiger partial charge on any atom is -0.444 e. The number of rotatable bonds is 5. The Morgan fingerprint density at radius 1 is 1.09 bits per heavy atom. The molecular formula is C24H38N2O5S. The molecule has 8 heteroatoms. The molecular weight excluding hydrogens is 428 g/mol. The van der Waals surface area contributed by atoms with E-state index in [9.17, 15) is 13.2 Å². The zero-order chi connectivity index (χ0) is 23.5. The Balaban J connectivity index is 1.40. The van der Waals surface area contributed by atoms with Crippen LogP contribution >= 0.6 is 0 Å². The fourth-order valence-electron chi connectivity index (χ4n) is 4.61. The number of hydrogen-bond donors (Lipinski definition) is 0. The first-order chi connectivity index (χ1) is 14.9. The zero-order valence-corrected chi connectivity index (χ0v) is 20.9. The molecule has 0 radical (unpaired) electrons. The van der Waals surface area contributed by atoms with E-state index in [2.05, 4.69) is 4.98 Å². The van der Waals surface area contributed by atoms with Crippen molar-refractivity contribution in [2.75, 3.05) is 26.0 Å². The third-order valence-corrected chi connectivity index (χ3v) is 7.42. The first-order valence-corrected chi connectivity index (χ1v) is 13.6. The Bertz CT molecular complexity index is 893. The SMILES string of the molecule is Cc1nc(S(C)(=O)=O)ccc1[C@H]1CC[C@H](OCC2CCN(C(=O)OC(C)(C)C)CC2)CC1. The Kier molecular flexibility index (Phi) is 7.86. The van der Waals surface area contributed by atoms with Gasteiger partial charge in [-0.1, -0.05) is 6.07 Å². The maximum Gasteiger partial charge on any atom is 0.410 e. The van der Waals surface area contributed by atoms with Crippen molar-refractivity contribution in [3.63, 3.8) is 0 Å². The van der Waals surface area contributed by atoms with Gasteiger partial charge in [0.1, 0.15) is 5.60 Å². The van der Waals surface area contributed by atoms with Crippen LogP contribution in [0.15, 0.2) is 17.2 Å². The van der Waals surface area contributed by atoms with E-state index in [-0.39, 0.29) is 17.2 Å². The smallest absolute Gasteiger partial charge is 0.410 e. The second-order valence-electron chi connectivity index (χ2n) is 10.3. The maximum atomic E-state index is 12.2. The first kappa shape index (κ1) is 25.0. The van der Waals surface area contributed by atoms with Gasteiger partial charge in [0.25, 0.3) is 0 Å². The average molecular weight is 467 g/mol. The predicted octanol–water partition coefficient (Wildman–Crippen LogP) is 4.48.